The van der Waals surface area contributed by atoms with Gasteiger partial charge in [-0.05, 0) is 55.3 Å². The molecule has 0 radical (unpaired) electrons. The van der Waals surface area contributed by atoms with Gasteiger partial charge in [0.1, 0.15) is 17.1 Å². The van der Waals surface area contributed by atoms with Gasteiger partial charge in [-0.1, -0.05) is 12.1 Å². The quantitative estimate of drug-likeness (QED) is 0.170. The Morgan fingerprint density at radius 1 is 1.17 bits per heavy atom. The molecule has 1 amide bonds. The summed E-state index contributed by atoms with van der Waals surface area (Å²) in [4.78, 5) is 22.7. The number of hydrogen-bond acceptors (Lipinski definition) is 6. The number of methoxy groups -OCH3 is 1. The number of halogens is 1. The molecule has 0 unspecified atom stereocenters. The lowest BCUT2D eigenvalue weighted by Gasteiger charge is -2.10. The smallest absolute Gasteiger partial charge is 0.306 e. The second-order valence-corrected chi connectivity index (χ2v) is 7.90. The molecule has 0 saturated carbocycles. The molecule has 8 nitrogen and oxygen atoms in total. The maximum absolute atomic E-state index is 13.6. The van der Waals surface area contributed by atoms with Crippen LogP contribution >= 0.6 is 0 Å². The van der Waals surface area contributed by atoms with Crippen molar-refractivity contribution in [2.45, 2.75) is 13.8 Å². The van der Waals surface area contributed by atoms with Gasteiger partial charge in [0.2, 0.25) is 11.7 Å². The fraction of sp³-hybridized carbons (Fsp3) is 0.148. The number of furan rings is 1. The van der Waals surface area contributed by atoms with Crippen LogP contribution in [-0.2, 0) is 4.79 Å². The van der Waals surface area contributed by atoms with Crippen molar-refractivity contribution in [2.24, 2.45) is 0 Å². The van der Waals surface area contributed by atoms with E-state index in [1.54, 1.807) is 19.3 Å². The zero-order valence-electron chi connectivity index (χ0n) is 19.8. The first-order chi connectivity index (χ1) is 17.3. The van der Waals surface area contributed by atoms with E-state index in [4.69, 9.17) is 13.9 Å². The summed E-state index contributed by atoms with van der Waals surface area (Å²) in [5, 5.41) is 14.3. The van der Waals surface area contributed by atoms with Gasteiger partial charge in [-0.2, -0.15) is 4.39 Å². The Bertz CT molecular complexity index is 1470. The van der Waals surface area contributed by atoms with Crippen LogP contribution in [0.5, 0.6) is 11.5 Å². The SMILES string of the molecule is CCOc1ccc(-c2coc3cc(OC)c(/C(C)=C/C(=O)Nc4ccc(F)c([N+](=O)[O-])c4)cc23)cc1. The molecule has 3 aromatic carbocycles. The predicted octanol–water partition coefficient (Wildman–Crippen LogP) is 6.60. The monoisotopic (exact) mass is 490 g/mol. The molecule has 184 valence electrons. The number of nitro benzene ring substituents is 1. The number of hydrogen-bond donors (Lipinski definition) is 1. The van der Waals surface area contributed by atoms with Gasteiger partial charge in [-0.15, -0.1) is 0 Å². The zero-order chi connectivity index (χ0) is 25.8. The van der Waals surface area contributed by atoms with Crippen molar-refractivity contribution in [1.82, 2.24) is 0 Å². The third kappa shape index (κ3) is 5.05. The van der Waals surface area contributed by atoms with Gasteiger partial charge >= 0.3 is 5.69 Å². The molecule has 1 heterocycles. The van der Waals surface area contributed by atoms with Crippen molar-refractivity contribution >= 4 is 33.8 Å². The van der Waals surface area contributed by atoms with E-state index in [1.165, 1.54) is 19.3 Å². The highest BCUT2D eigenvalue weighted by Crippen LogP contribution is 2.37. The van der Waals surface area contributed by atoms with Crippen LogP contribution in [0.25, 0.3) is 27.7 Å². The van der Waals surface area contributed by atoms with Crippen LogP contribution in [0.15, 0.2) is 71.4 Å². The predicted molar refractivity (Wildman–Crippen MR) is 135 cm³/mol. The van der Waals surface area contributed by atoms with E-state index >= 15 is 0 Å². The van der Waals surface area contributed by atoms with Crippen molar-refractivity contribution < 1.29 is 28.0 Å². The number of allylic oxidation sites excluding steroid dienone is 1. The highest BCUT2D eigenvalue weighted by atomic mass is 19.1. The van der Waals surface area contributed by atoms with E-state index in [2.05, 4.69) is 5.32 Å². The second-order valence-electron chi connectivity index (χ2n) is 7.90. The maximum atomic E-state index is 13.6. The molecule has 1 aromatic heterocycles. The number of fused-ring (bicyclic) bond motifs is 1. The van der Waals surface area contributed by atoms with Crippen molar-refractivity contribution in [3.8, 4) is 22.6 Å². The Balaban J connectivity index is 1.66. The van der Waals surface area contributed by atoms with E-state index < -0.39 is 22.3 Å². The van der Waals surface area contributed by atoms with E-state index in [0.29, 0.717) is 29.1 Å². The molecule has 0 aliphatic heterocycles. The van der Waals surface area contributed by atoms with Crippen LogP contribution < -0.4 is 14.8 Å². The molecule has 4 aromatic rings. The molecule has 0 saturated heterocycles. The Kier molecular flexibility index (Phi) is 7.00. The Morgan fingerprint density at radius 3 is 2.58 bits per heavy atom. The molecule has 9 heteroatoms. The van der Waals surface area contributed by atoms with Gasteiger partial charge in [0.15, 0.2) is 0 Å². The number of ether oxygens (including phenoxy) is 2. The average molecular weight is 490 g/mol. The summed E-state index contributed by atoms with van der Waals surface area (Å²) in [5.41, 5.74) is 3.06. The summed E-state index contributed by atoms with van der Waals surface area (Å²) in [5.74, 6) is -0.234. The molecule has 0 bridgehead atoms. The maximum Gasteiger partial charge on any atom is 0.306 e. The topological polar surface area (TPSA) is 104 Å². The van der Waals surface area contributed by atoms with Crippen molar-refractivity contribution in [3.05, 3.63) is 88.4 Å². The Hall–Kier alpha value is -4.66. The standard InChI is InChI=1S/C27H23FN2O6/c1-4-35-19-8-5-17(6-9-19)22-15-36-26-14-25(34-3)20(13-21(22)26)16(2)11-27(31)29-18-7-10-23(28)24(12-18)30(32)33/h5-15H,4H2,1-3H3,(H,29,31)/b16-11+. The van der Waals surface area contributed by atoms with Crippen LogP contribution in [0.2, 0.25) is 0 Å². The lowest BCUT2D eigenvalue weighted by molar-refractivity contribution is -0.387. The normalized spacial score (nSPS) is 11.4. The highest BCUT2D eigenvalue weighted by Gasteiger charge is 2.17. The highest BCUT2D eigenvalue weighted by molar-refractivity contribution is 6.05. The molecule has 0 aliphatic carbocycles. The first kappa shape index (κ1) is 24.5. The number of carbonyl (C=O) groups excluding carboxylic acids is 1. The van der Waals surface area contributed by atoms with E-state index in [0.717, 1.165) is 34.4 Å². The Labute approximate surface area is 206 Å². The minimum atomic E-state index is -0.980. The minimum Gasteiger partial charge on any atom is -0.496 e. The van der Waals surface area contributed by atoms with Crippen LogP contribution in [0.3, 0.4) is 0 Å². The van der Waals surface area contributed by atoms with Crippen molar-refractivity contribution in [3.63, 3.8) is 0 Å². The fourth-order valence-corrected chi connectivity index (χ4v) is 3.84. The third-order valence-corrected chi connectivity index (χ3v) is 5.55. The van der Waals surface area contributed by atoms with Crippen molar-refractivity contribution in [1.29, 1.82) is 0 Å². The summed E-state index contributed by atoms with van der Waals surface area (Å²) in [6, 6.07) is 14.4. The third-order valence-electron chi connectivity index (χ3n) is 5.55. The van der Waals surface area contributed by atoms with Crippen LogP contribution in [0, 0.1) is 15.9 Å². The lowest BCUT2D eigenvalue weighted by Crippen LogP contribution is -2.09. The number of rotatable bonds is 8. The molecule has 0 aliphatic rings. The van der Waals surface area contributed by atoms with Gasteiger partial charge in [0, 0.05) is 40.4 Å². The summed E-state index contributed by atoms with van der Waals surface area (Å²) in [6.07, 6.45) is 3.01. The average Bonchev–Trinajstić information content (AvgIpc) is 3.27. The largest absolute Gasteiger partial charge is 0.496 e. The van der Waals surface area contributed by atoms with Gasteiger partial charge in [0.05, 0.1) is 24.9 Å². The number of nitrogens with one attached hydrogen (secondary N) is 1. The molecule has 36 heavy (non-hydrogen) atoms. The molecule has 0 atom stereocenters. The van der Waals surface area contributed by atoms with Gasteiger partial charge in [0.25, 0.3) is 0 Å². The fourth-order valence-electron chi connectivity index (χ4n) is 3.84. The van der Waals surface area contributed by atoms with Gasteiger partial charge in [-0.25, -0.2) is 0 Å². The summed E-state index contributed by atoms with van der Waals surface area (Å²) >= 11 is 0. The van der Waals surface area contributed by atoms with E-state index in [1.807, 2.05) is 37.3 Å². The second kappa shape index (κ2) is 10.3. The number of amides is 1. The van der Waals surface area contributed by atoms with E-state index in [-0.39, 0.29) is 5.69 Å². The first-order valence-corrected chi connectivity index (χ1v) is 11.1. The van der Waals surface area contributed by atoms with Gasteiger partial charge < -0.3 is 19.2 Å². The van der Waals surface area contributed by atoms with Crippen LogP contribution in [-0.4, -0.2) is 24.5 Å². The number of benzene rings is 3. The molecular formula is C27H23FN2O6. The number of nitrogens with zero attached hydrogens (tertiary/aromatic N) is 1. The molecular weight excluding hydrogens is 467 g/mol. The number of anilines is 1. The molecule has 1 N–H and O–H groups in total. The molecule has 0 spiro atoms. The first-order valence-electron chi connectivity index (χ1n) is 11.1. The minimum absolute atomic E-state index is 0.104. The summed E-state index contributed by atoms with van der Waals surface area (Å²) in [7, 11) is 1.52. The Morgan fingerprint density at radius 2 is 1.92 bits per heavy atom. The molecule has 0 fully saturated rings. The summed E-state index contributed by atoms with van der Waals surface area (Å²) in [6.45, 7) is 4.24. The molecule has 4 rings (SSSR count). The van der Waals surface area contributed by atoms with Crippen molar-refractivity contribution in [2.75, 3.05) is 19.0 Å². The van der Waals surface area contributed by atoms with E-state index in [9.17, 15) is 19.3 Å². The lowest BCUT2D eigenvalue weighted by atomic mass is 9.99. The zero-order valence-corrected chi connectivity index (χ0v) is 19.8. The van der Waals surface area contributed by atoms with Gasteiger partial charge in [-0.3, -0.25) is 14.9 Å². The van der Waals surface area contributed by atoms with Crippen LogP contribution in [0.1, 0.15) is 19.4 Å². The van der Waals surface area contributed by atoms with Crippen LogP contribution in [0.4, 0.5) is 15.8 Å². The number of nitro groups is 1. The number of carbonyl (C=O) groups is 1. The summed E-state index contributed by atoms with van der Waals surface area (Å²) < 4.78 is 30.4.